The third kappa shape index (κ3) is 7.97. The van der Waals surface area contributed by atoms with Gasteiger partial charge in [-0.2, -0.15) is 5.10 Å². The number of thiazole rings is 1. The van der Waals surface area contributed by atoms with Gasteiger partial charge >= 0.3 is 5.97 Å². The minimum atomic E-state index is -0.684. The van der Waals surface area contributed by atoms with Gasteiger partial charge in [0.2, 0.25) is 0 Å². The van der Waals surface area contributed by atoms with E-state index in [1.165, 1.54) is 11.3 Å². The summed E-state index contributed by atoms with van der Waals surface area (Å²) in [5, 5.41) is 5.02. The summed E-state index contributed by atoms with van der Waals surface area (Å²) in [6.45, 7) is 13.1. The SMILES string of the molecule is CSc1ccc(C2C(C(=O)OCC(C)C)=C(C)N=c3sc(=Cc4cn(-c5ccccc5)nc4-c4ccc(OCCC(C)C)c(C)c4)c(=O)n32)cc1. The van der Waals surface area contributed by atoms with Crippen molar-refractivity contribution >= 4 is 35.1 Å². The van der Waals surface area contributed by atoms with E-state index in [2.05, 4.69) is 19.9 Å². The van der Waals surface area contributed by atoms with Crippen molar-refractivity contribution in [2.75, 3.05) is 19.5 Å². The first-order chi connectivity index (χ1) is 24.5. The molecular weight excluding hydrogens is 677 g/mol. The van der Waals surface area contributed by atoms with Crippen LogP contribution in [0.2, 0.25) is 0 Å². The molecule has 0 spiro atoms. The zero-order valence-electron chi connectivity index (χ0n) is 30.2. The lowest BCUT2D eigenvalue weighted by atomic mass is 9.96. The van der Waals surface area contributed by atoms with Crippen molar-refractivity contribution in [3.8, 4) is 22.7 Å². The van der Waals surface area contributed by atoms with Crippen molar-refractivity contribution in [1.29, 1.82) is 0 Å². The number of carbonyl (C=O) groups is 1. The van der Waals surface area contributed by atoms with Crippen molar-refractivity contribution in [2.24, 2.45) is 16.8 Å². The second kappa shape index (κ2) is 15.7. The number of allylic oxidation sites excluding steroid dienone is 1. The van der Waals surface area contributed by atoms with Crippen LogP contribution in [0.3, 0.4) is 0 Å². The zero-order valence-corrected chi connectivity index (χ0v) is 31.8. The van der Waals surface area contributed by atoms with Gasteiger partial charge in [0.15, 0.2) is 4.80 Å². The Hall–Kier alpha value is -4.67. The number of para-hydroxylation sites is 1. The number of esters is 1. The molecule has 0 bridgehead atoms. The average Bonchev–Trinajstić information content (AvgIpc) is 3.67. The Labute approximate surface area is 307 Å². The van der Waals surface area contributed by atoms with Crippen molar-refractivity contribution < 1.29 is 14.3 Å². The summed E-state index contributed by atoms with van der Waals surface area (Å²) in [6, 6.07) is 23.3. The molecular formula is C41H44N4O4S2. The van der Waals surface area contributed by atoms with E-state index >= 15 is 0 Å². The van der Waals surface area contributed by atoms with Crippen molar-refractivity contribution in [1.82, 2.24) is 14.3 Å². The standard InChI is InChI=1S/C41H44N4O4S2/c1-25(2)19-20-48-34-18-15-30(21-27(34)5)37-31(23-44(43-37)32-11-9-8-10-12-32)22-35-39(46)45-38(29-13-16-33(50-7)17-14-29)36(28(6)42-41(45)51-35)40(47)49-24-26(3)4/h8-18,21-23,25-26,38H,19-20,24H2,1-7H3. The summed E-state index contributed by atoms with van der Waals surface area (Å²) < 4.78 is 15.8. The van der Waals surface area contributed by atoms with E-state index in [-0.39, 0.29) is 18.1 Å². The number of thioether (sulfide) groups is 1. The van der Waals surface area contributed by atoms with Crippen LogP contribution in [0.5, 0.6) is 5.75 Å². The number of benzene rings is 3. The molecule has 0 N–H and O–H groups in total. The molecule has 0 saturated carbocycles. The highest BCUT2D eigenvalue weighted by Gasteiger charge is 2.33. The normalized spacial score (nSPS) is 14.6. The Kier molecular flexibility index (Phi) is 11.1. The monoisotopic (exact) mass is 720 g/mol. The molecule has 8 nitrogen and oxygen atoms in total. The Bertz CT molecular complexity index is 2250. The summed E-state index contributed by atoms with van der Waals surface area (Å²) in [5.41, 5.74) is 5.84. The van der Waals surface area contributed by atoms with Crippen molar-refractivity contribution in [3.63, 3.8) is 0 Å². The third-order valence-corrected chi connectivity index (χ3v) is 10.4. The summed E-state index contributed by atoms with van der Waals surface area (Å²) >= 11 is 2.94. The molecule has 0 radical (unpaired) electrons. The van der Waals surface area contributed by atoms with Gasteiger partial charge in [-0.15, -0.1) is 11.8 Å². The third-order valence-electron chi connectivity index (χ3n) is 8.67. The van der Waals surface area contributed by atoms with Gasteiger partial charge in [0.1, 0.15) is 11.4 Å². The van der Waals surface area contributed by atoms with E-state index in [0.29, 0.717) is 33.1 Å². The summed E-state index contributed by atoms with van der Waals surface area (Å²) in [7, 11) is 0. The lowest BCUT2D eigenvalue weighted by Gasteiger charge is -2.25. The smallest absolute Gasteiger partial charge is 0.338 e. The van der Waals surface area contributed by atoms with E-state index in [9.17, 15) is 9.59 Å². The van der Waals surface area contributed by atoms with Crippen LogP contribution in [0, 0.1) is 18.8 Å². The van der Waals surface area contributed by atoms with E-state index in [0.717, 1.165) is 50.7 Å². The lowest BCUT2D eigenvalue weighted by molar-refractivity contribution is -0.140. The zero-order chi connectivity index (χ0) is 36.2. The number of nitrogens with zero attached hydrogens (tertiary/aromatic N) is 4. The molecule has 6 rings (SSSR count). The molecule has 0 saturated heterocycles. The fourth-order valence-electron chi connectivity index (χ4n) is 5.94. The van der Waals surface area contributed by atoms with E-state index in [1.54, 1.807) is 16.3 Å². The number of ether oxygens (including phenoxy) is 2. The molecule has 1 aliphatic heterocycles. The van der Waals surface area contributed by atoms with E-state index in [4.69, 9.17) is 19.6 Å². The Morgan fingerprint density at radius 3 is 2.41 bits per heavy atom. The van der Waals surface area contributed by atoms with Crippen LogP contribution in [-0.2, 0) is 9.53 Å². The van der Waals surface area contributed by atoms with Crippen LogP contribution in [0.15, 0.2) is 105 Å². The molecule has 0 amide bonds. The first kappa shape index (κ1) is 36.1. The topological polar surface area (TPSA) is 87.7 Å². The number of rotatable bonds is 12. The molecule has 1 unspecified atom stereocenters. The van der Waals surface area contributed by atoms with Crippen molar-refractivity contribution in [2.45, 2.75) is 58.9 Å². The maximum atomic E-state index is 14.5. The highest BCUT2D eigenvalue weighted by atomic mass is 32.2. The molecule has 264 valence electrons. The molecule has 1 atom stereocenters. The highest BCUT2D eigenvalue weighted by molar-refractivity contribution is 7.98. The quantitative estimate of drug-likeness (QED) is 0.0969. The number of hydrogen-bond donors (Lipinski definition) is 0. The number of aryl methyl sites for hydroxylation is 1. The maximum Gasteiger partial charge on any atom is 0.338 e. The molecule has 3 heterocycles. The molecule has 0 aliphatic carbocycles. The summed E-state index contributed by atoms with van der Waals surface area (Å²) in [5.74, 6) is 1.11. The Balaban J connectivity index is 1.48. The minimum absolute atomic E-state index is 0.165. The van der Waals surface area contributed by atoms with Crippen LogP contribution in [0.4, 0.5) is 0 Å². The first-order valence-corrected chi connectivity index (χ1v) is 19.3. The van der Waals surface area contributed by atoms with Crippen LogP contribution < -0.4 is 19.6 Å². The Morgan fingerprint density at radius 1 is 1.00 bits per heavy atom. The average molecular weight is 721 g/mol. The van der Waals surface area contributed by atoms with Crippen LogP contribution >= 0.6 is 23.1 Å². The van der Waals surface area contributed by atoms with Gasteiger partial charge < -0.3 is 9.47 Å². The second-order valence-corrected chi connectivity index (χ2v) is 15.5. The van der Waals surface area contributed by atoms with Gasteiger partial charge in [0.25, 0.3) is 5.56 Å². The summed E-state index contributed by atoms with van der Waals surface area (Å²) in [4.78, 5) is 34.5. The van der Waals surface area contributed by atoms with E-state index < -0.39 is 12.0 Å². The largest absolute Gasteiger partial charge is 0.493 e. The molecule has 3 aromatic carbocycles. The highest BCUT2D eigenvalue weighted by Crippen LogP contribution is 2.33. The van der Waals surface area contributed by atoms with Crippen LogP contribution in [0.1, 0.15) is 63.8 Å². The predicted molar refractivity (Wildman–Crippen MR) is 206 cm³/mol. The molecule has 5 aromatic rings. The molecule has 2 aromatic heterocycles. The Morgan fingerprint density at radius 2 is 1.75 bits per heavy atom. The van der Waals surface area contributed by atoms with Gasteiger partial charge in [0, 0.05) is 22.2 Å². The number of aromatic nitrogens is 3. The fraction of sp³-hybridized carbons (Fsp3) is 0.317. The number of hydrogen-bond acceptors (Lipinski definition) is 8. The molecule has 1 aliphatic rings. The van der Waals surface area contributed by atoms with Gasteiger partial charge in [-0.25, -0.2) is 14.5 Å². The van der Waals surface area contributed by atoms with Crippen LogP contribution in [0.25, 0.3) is 23.0 Å². The second-order valence-electron chi connectivity index (χ2n) is 13.6. The minimum Gasteiger partial charge on any atom is -0.493 e. The number of fused-ring (bicyclic) bond motifs is 1. The lowest BCUT2D eigenvalue weighted by Crippen LogP contribution is -2.40. The maximum absolute atomic E-state index is 14.5. The number of carbonyl (C=O) groups excluding carboxylic acids is 1. The van der Waals surface area contributed by atoms with Crippen LogP contribution in [-0.4, -0.2) is 39.8 Å². The van der Waals surface area contributed by atoms with E-state index in [1.807, 2.05) is 118 Å². The molecule has 10 heteroatoms. The fourth-order valence-corrected chi connectivity index (χ4v) is 7.38. The van der Waals surface area contributed by atoms with Gasteiger partial charge in [0.05, 0.1) is 40.7 Å². The van der Waals surface area contributed by atoms with Crippen molar-refractivity contribution in [3.05, 3.63) is 127 Å². The molecule has 51 heavy (non-hydrogen) atoms. The molecule has 0 fully saturated rings. The van der Waals surface area contributed by atoms with Gasteiger partial charge in [-0.3, -0.25) is 9.36 Å². The summed E-state index contributed by atoms with van der Waals surface area (Å²) in [6.07, 6.45) is 6.83. The first-order valence-electron chi connectivity index (χ1n) is 17.3. The van der Waals surface area contributed by atoms with Gasteiger partial charge in [-0.1, -0.05) is 69.4 Å². The van der Waals surface area contributed by atoms with Gasteiger partial charge in [-0.05, 0) is 98.0 Å². The predicted octanol–water partition coefficient (Wildman–Crippen LogP) is 7.74.